The van der Waals surface area contributed by atoms with Gasteiger partial charge in [-0.1, -0.05) is 0 Å². The zero-order chi connectivity index (χ0) is 16.2. The first-order chi connectivity index (χ1) is 10.4. The average Bonchev–Trinajstić information content (AvgIpc) is 2.90. The lowest BCUT2D eigenvalue weighted by atomic mass is 10.1. The van der Waals surface area contributed by atoms with Crippen LogP contribution in [-0.4, -0.2) is 33.0 Å². The largest absolute Gasteiger partial charge is 0.326 e. The Labute approximate surface area is 143 Å². The van der Waals surface area contributed by atoms with Gasteiger partial charge < -0.3 is 10.6 Å². The lowest BCUT2D eigenvalue weighted by Gasteiger charge is -2.12. The highest BCUT2D eigenvalue weighted by atomic mass is 35.5. The average molecular weight is 362 g/mol. The number of rotatable bonds is 6. The Hall–Kier alpha value is -1.15. The zero-order valence-corrected chi connectivity index (χ0v) is 15.0. The highest BCUT2D eigenvalue weighted by molar-refractivity contribution is 7.89. The second-order valence-electron chi connectivity index (χ2n) is 5.85. The molecule has 1 aliphatic rings. The van der Waals surface area contributed by atoms with E-state index >= 15 is 0 Å². The fraction of sp³-hybridized carbons (Fsp3) is 0.533. The molecule has 1 aromatic carbocycles. The summed E-state index contributed by atoms with van der Waals surface area (Å²) in [6.45, 7) is 4.50. The third-order valence-corrected chi connectivity index (χ3v) is 5.11. The van der Waals surface area contributed by atoms with Crippen LogP contribution in [0.5, 0.6) is 0 Å². The Kier molecular flexibility index (Phi) is 7.47. The summed E-state index contributed by atoms with van der Waals surface area (Å²) in [7, 11) is -3.50. The third-order valence-electron chi connectivity index (χ3n) is 3.43. The molecule has 0 radical (unpaired) electrons. The highest BCUT2D eigenvalue weighted by Gasteiger charge is 2.18. The smallest absolute Gasteiger partial charge is 0.240 e. The van der Waals surface area contributed by atoms with Crippen LogP contribution in [0.2, 0.25) is 0 Å². The van der Waals surface area contributed by atoms with Crippen molar-refractivity contribution in [3.05, 3.63) is 24.3 Å². The van der Waals surface area contributed by atoms with Gasteiger partial charge in [-0.3, -0.25) is 4.79 Å². The van der Waals surface area contributed by atoms with E-state index in [2.05, 4.69) is 15.4 Å². The summed E-state index contributed by atoms with van der Waals surface area (Å²) in [5, 5.41) is 6.07. The van der Waals surface area contributed by atoms with Crippen molar-refractivity contribution in [2.75, 3.05) is 11.9 Å². The molecule has 1 fully saturated rings. The number of carbonyl (C=O) groups excluding carboxylic acids is 1. The number of halogens is 1. The molecule has 0 spiro atoms. The minimum absolute atomic E-state index is 0. The van der Waals surface area contributed by atoms with E-state index in [1.807, 2.05) is 0 Å². The third kappa shape index (κ3) is 6.10. The SMILES string of the molecule is CC(C)NS(=O)(=O)c1ccc(NC(=O)CC2CCCN2)cc1.Cl. The van der Waals surface area contributed by atoms with Crippen molar-refractivity contribution >= 4 is 34.0 Å². The minimum Gasteiger partial charge on any atom is -0.326 e. The summed E-state index contributed by atoms with van der Waals surface area (Å²) in [5.41, 5.74) is 0.603. The molecular formula is C15H24ClN3O3S. The van der Waals surface area contributed by atoms with Gasteiger partial charge in [0.2, 0.25) is 15.9 Å². The van der Waals surface area contributed by atoms with Crippen molar-refractivity contribution in [2.24, 2.45) is 0 Å². The topological polar surface area (TPSA) is 87.3 Å². The van der Waals surface area contributed by atoms with E-state index in [1.165, 1.54) is 12.1 Å². The van der Waals surface area contributed by atoms with E-state index in [1.54, 1.807) is 26.0 Å². The molecule has 6 nitrogen and oxygen atoms in total. The first-order valence-electron chi connectivity index (χ1n) is 7.52. The number of amides is 1. The number of carbonyl (C=O) groups is 1. The molecule has 0 aliphatic carbocycles. The quantitative estimate of drug-likeness (QED) is 0.722. The molecule has 1 aliphatic heterocycles. The lowest BCUT2D eigenvalue weighted by molar-refractivity contribution is -0.116. The number of sulfonamides is 1. The predicted octanol–water partition coefficient (Wildman–Crippen LogP) is 1.88. The van der Waals surface area contributed by atoms with Gasteiger partial charge in [-0.05, 0) is 57.5 Å². The maximum absolute atomic E-state index is 12.0. The molecule has 23 heavy (non-hydrogen) atoms. The Bertz CT molecular complexity index is 611. The predicted molar refractivity (Wildman–Crippen MR) is 93.4 cm³/mol. The first kappa shape index (κ1) is 19.9. The fourth-order valence-electron chi connectivity index (χ4n) is 2.46. The normalized spacial score (nSPS) is 17.8. The lowest BCUT2D eigenvalue weighted by Crippen LogP contribution is -2.30. The standard InChI is InChI=1S/C15H23N3O3S.ClH/c1-11(2)18-22(20,21)14-7-5-12(6-8-14)17-15(19)10-13-4-3-9-16-13;/h5-8,11,13,16,18H,3-4,9-10H2,1-2H3,(H,17,19);1H. The molecule has 130 valence electrons. The Morgan fingerprint density at radius 2 is 1.96 bits per heavy atom. The van der Waals surface area contributed by atoms with Crippen molar-refractivity contribution in [3.63, 3.8) is 0 Å². The van der Waals surface area contributed by atoms with Crippen LogP contribution in [0.1, 0.15) is 33.1 Å². The molecular weight excluding hydrogens is 338 g/mol. The van der Waals surface area contributed by atoms with Crippen LogP contribution in [0.15, 0.2) is 29.2 Å². The van der Waals surface area contributed by atoms with Gasteiger partial charge in [-0.15, -0.1) is 12.4 Å². The number of hydrogen-bond donors (Lipinski definition) is 3. The highest BCUT2D eigenvalue weighted by Crippen LogP contribution is 2.16. The minimum atomic E-state index is -3.50. The summed E-state index contributed by atoms with van der Waals surface area (Å²) in [6.07, 6.45) is 2.56. The summed E-state index contributed by atoms with van der Waals surface area (Å²) < 4.78 is 26.5. The van der Waals surface area contributed by atoms with Gasteiger partial charge >= 0.3 is 0 Å². The zero-order valence-electron chi connectivity index (χ0n) is 13.3. The Balaban J connectivity index is 0.00000264. The molecule has 2 rings (SSSR count). The number of benzene rings is 1. The van der Waals surface area contributed by atoms with E-state index in [4.69, 9.17) is 0 Å². The molecule has 1 heterocycles. The van der Waals surface area contributed by atoms with E-state index < -0.39 is 10.0 Å². The van der Waals surface area contributed by atoms with Crippen molar-refractivity contribution in [3.8, 4) is 0 Å². The van der Waals surface area contributed by atoms with Gasteiger partial charge in [0, 0.05) is 24.2 Å². The van der Waals surface area contributed by atoms with Crippen molar-refractivity contribution in [2.45, 2.75) is 50.1 Å². The van der Waals surface area contributed by atoms with Gasteiger partial charge in [0.15, 0.2) is 0 Å². The maximum atomic E-state index is 12.0. The molecule has 0 saturated carbocycles. The molecule has 0 bridgehead atoms. The van der Waals surface area contributed by atoms with Crippen molar-refractivity contribution in [1.82, 2.24) is 10.0 Å². The summed E-state index contributed by atoms with van der Waals surface area (Å²) in [4.78, 5) is 12.1. The first-order valence-corrected chi connectivity index (χ1v) is 9.01. The summed E-state index contributed by atoms with van der Waals surface area (Å²) in [5.74, 6) is -0.0599. The van der Waals surface area contributed by atoms with Gasteiger partial charge in [0.25, 0.3) is 0 Å². The molecule has 1 unspecified atom stereocenters. The second kappa shape index (κ2) is 8.63. The van der Waals surface area contributed by atoms with Crippen molar-refractivity contribution in [1.29, 1.82) is 0 Å². The van der Waals surface area contributed by atoms with Gasteiger partial charge in [-0.25, -0.2) is 13.1 Å². The van der Waals surface area contributed by atoms with Gasteiger partial charge in [0.1, 0.15) is 0 Å². The maximum Gasteiger partial charge on any atom is 0.240 e. The van der Waals surface area contributed by atoms with E-state index in [0.717, 1.165) is 19.4 Å². The Morgan fingerprint density at radius 3 is 2.48 bits per heavy atom. The van der Waals surface area contributed by atoms with Crippen molar-refractivity contribution < 1.29 is 13.2 Å². The second-order valence-corrected chi connectivity index (χ2v) is 7.56. The van der Waals surface area contributed by atoms with E-state index in [9.17, 15) is 13.2 Å². The fourth-order valence-corrected chi connectivity index (χ4v) is 3.71. The number of hydrogen-bond acceptors (Lipinski definition) is 4. The molecule has 1 amide bonds. The van der Waals surface area contributed by atoms with Crippen LogP contribution < -0.4 is 15.4 Å². The molecule has 1 saturated heterocycles. The Morgan fingerprint density at radius 1 is 1.30 bits per heavy atom. The molecule has 1 atom stereocenters. The molecule has 1 aromatic rings. The molecule has 0 aromatic heterocycles. The molecule has 3 N–H and O–H groups in total. The number of anilines is 1. The number of nitrogens with one attached hydrogen (secondary N) is 3. The van der Waals surface area contributed by atoms with Crippen LogP contribution in [0.3, 0.4) is 0 Å². The van der Waals surface area contributed by atoms with Crippen LogP contribution in [0.4, 0.5) is 5.69 Å². The van der Waals surface area contributed by atoms with E-state index in [0.29, 0.717) is 12.1 Å². The van der Waals surface area contributed by atoms with Crippen LogP contribution >= 0.6 is 12.4 Å². The van der Waals surface area contributed by atoms with Gasteiger partial charge in [-0.2, -0.15) is 0 Å². The van der Waals surface area contributed by atoms with Crippen LogP contribution in [0.25, 0.3) is 0 Å². The monoisotopic (exact) mass is 361 g/mol. The van der Waals surface area contributed by atoms with E-state index in [-0.39, 0.29) is 35.3 Å². The van der Waals surface area contributed by atoms with Crippen LogP contribution in [-0.2, 0) is 14.8 Å². The van der Waals surface area contributed by atoms with Gasteiger partial charge in [0.05, 0.1) is 4.90 Å². The van der Waals surface area contributed by atoms with Crippen LogP contribution in [0, 0.1) is 0 Å². The summed E-state index contributed by atoms with van der Waals surface area (Å²) in [6, 6.07) is 6.28. The molecule has 8 heteroatoms. The summed E-state index contributed by atoms with van der Waals surface area (Å²) >= 11 is 0.